The van der Waals surface area contributed by atoms with E-state index in [-0.39, 0.29) is 11.8 Å². The number of carbonyl (C=O) groups excluding carboxylic acids is 1. The first-order chi connectivity index (χ1) is 13.2. The molecule has 0 radical (unpaired) electrons. The smallest absolute Gasteiger partial charge is 0.230 e. The fourth-order valence-electron chi connectivity index (χ4n) is 4.10. The number of piperidine rings is 2. The van der Waals surface area contributed by atoms with E-state index in [1.54, 1.807) is 7.11 Å². The summed E-state index contributed by atoms with van der Waals surface area (Å²) in [5.41, 5.74) is 0. The molecule has 2 aliphatic heterocycles. The van der Waals surface area contributed by atoms with Gasteiger partial charge in [0.1, 0.15) is 0 Å². The molecule has 1 atom stereocenters. The van der Waals surface area contributed by atoms with E-state index in [1.165, 1.54) is 0 Å². The summed E-state index contributed by atoms with van der Waals surface area (Å²) in [7, 11) is 1.65. The van der Waals surface area contributed by atoms with Crippen molar-refractivity contribution in [2.24, 2.45) is 5.92 Å². The Morgan fingerprint density at radius 2 is 2.00 bits per heavy atom. The standard InChI is InChI=1S/C19H33N5O3/c1-3-17-21-22-18(27-17)14-23-10-6-16(7-11-23)24-9-4-5-15(13-24)19(25)20-8-12-26-2/h15-16H,3-14H2,1-2H3,(H,20,25). The highest BCUT2D eigenvalue weighted by atomic mass is 16.5. The third-order valence-corrected chi connectivity index (χ3v) is 5.67. The maximum atomic E-state index is 12.4. The molecule has 2 saturated heterocycles. The van der Waals surface area contributed by atoms with Crippen LogP contribution >= 0.6 is 0 Å². The number of hydrogen-bond acceptors (Lipinski definition) is 7. The molecule has 0 aliphatic carbocycles. The molecule has 3 heterocycles. The van der Waals surface area contributed by atoms with E-state index >= 15 is 0 Å². The topological polar surface area (TPSA) is 83.7 Å². The number of likely N-dealkylation sites (tertiary alicyclic amines) is 2. The summed E-state index contributed by atoms with van der Waals surface area (Å²) >= 11 is 0. The maximum absolute atomic E-state index is 12.4. The summed E-state index contributed by atoms with van der Waals surface area (Å²) in [6.07, 6.45) is 5.14. The third-order valence-electron chi connectivity index (χ3n) is 5.67. The number of methoxy groups -OCH3 is 1. The Hall–Kier alpha value is -1.51. The van der Waals surface area contributed by atoms with E-state index < -0.39 is 0 Å². The number of hydrogen-bond donors (Lipinski definition) is 1. The number of nitrogens with one attached hydrogen (secondary N) is 1. The summed E-state index contributed by atoms with van der Waals surface area (Å²) in [4.78, 5) is 17.3. The van der Waals surface area contributed by atoms with Gasteiger partial charge in [-0.15, -0.1) is 10.2 Å². The number of ether oxygens (including phenoxy) is 1. The highest BCUT2D eigenvalue weighted by molar-refractivity contribution is 5.78. The van der Waals surface area contributed by atoms with Crippen LogP contribution in [0.1, 0.15) is 44.4 Å². The summed E-state index contributed by atoms with van der Waals surface area (Å²) in [5, 5.41) is 11.2. The van der Waals surface area contributed by atoms with Gasteiger partial charge in [0.05, 0.1) is 19.1 Å². The van der Waals surface area contributed by atoms with Crippen LogP contribution in [0.25, 0.3) is 0 Å². The number of aromatic nitrogens is 2. The number of rotatable bonds is 8. The third kappa shape index (κ3) is 5.73. The molecule has 0 saturated carbocycles. The van der Waals surface area contributed by atoms with Crippen LogP contribution in [0.3, 0.4) is 0 Å². The molecule has 1 aromatic rings. The van der Waals surface area contributed by atoms with Crippen molar-refractivity contribution in [3.8, 4) is 0 Å². The fourth-order valence-corrected chi connectivity index (χ4v) is 4.10. The Morgan fingerprint density at radius 3 is 2.70 bits per heavy atom. The van der Waals surface area contributed by atoms with Gasteiger partial charge in [0.2, 0.25) is 17.7 Å². The van der Waals surface area contributed by atoms with Crippen LogP contribution in [-0.4, -0.2) is 78.4 Å². The lowest BCUT2D eigenvalue weighted by Crippen LogP contribution is -2.50. The first kappa shape index (κ1) is 20.2. The van der Waals surface area contributed by atoms with Crippen molar-refractivity contribution in [2.45, 2.75) is 51.6 Å². The van der Waals surface area contributed by atoms with Gasteiger partial charge in [-0.1, -0.05) is 6.92 Å². The quantitative estimate of drug-likeness (QED) is 0.677. The van der Waals surface area contributed by atoms with Gasteiger partial charge < -0.3 is 14.5 Å². The molecule has 27 heavy (non-hydrogen) atoms. The van der Waals surface area contributed by atoms with Crippen LogP contribution in [0, 0.1) is 5.92 Å². The van der Waals surface area contributed by atoms with Crippen LogP contribution in [0.5, 0.6) is 0 Å². The van der Waals surface area contributed by atoms with Crippen molar-refractivity contribution in [3.63, 3.8) is 0 Å². The molecule has 0 aromatic carbocycles. The largest absolute Gasteiger partial charge is 0.424 e. The van der Waals surface area contributed by atoms with Crippen LogP contribution < -0.4 is 5.32 Å². The average Bonchev–Trinajstić information content (AvgIpc) is 3.16. The lowest BCUT2D eigenvalue weighted by atomic mass is 9.93. The maximum Gasteiger partial charge on any atom is 0.230 e. The SMILES string of the molecule is CCc1nnc(CN2CCC(N3CCCC(C(=O)NCCOC)C3)CC2)o1. The van der Waals surface area contributed by atoms with Gasteiger partial charge in [0.25, 0.3) is 0 Å². The molecule has 1 unspecified atom stereocenters. The Morgan fingerprint density at radius 1 is 1.22 bits per heavy atom. The molecular weight excluding hydrogens is 346 g/mol. The van der Waals surface area contributed by atoms with Gasteiger partial charge >= 0.3 is 0 Å². The van der Waals surface area contributed by atoms with Crippen molar-refractivity contribution in [1.29, 1.82) is 0 Å². The second-order valence-electron chi connectivity index (χ2n) is 7.57. The molecule has 0 spiro atoms. The first-order valence-electron chi connectivity index (χ1n) is 10.2. The summed E-state index contributed by atoms with van der Waals surface area (Å²) in [6.45, 7) is 7.99. The second-order valence-corrected chi connectivity index (χ2v) is 7.57. The van der Waals surface area contributed by atoms with E-state index in [1.807, 2.05) is 6.92 Å². The zero-order valence-electron chi connectivity index (χ0n) is 16.7. The highest BCUT2D eigenvalue weighted by Crippen LogP contribution is 2.24. The van der Waals surface area contributed by atoms with Gasteiger partial charge in [-0.3, -0.25) is 14.6 Å². The second kappa shape index (κ2) is 10.1. The number of aryl methyl sites for hydroxylation is 1. The lowest BCUT2D eigenvalue weighted by molar-refractivity contribution is -0.127. The molecule has 2 fully saturated rings. The monoisotopic (exact) mass is 379 g/mol. The van der Waals surface area contributed by atoms with E-state index in [2.05, 4.69) is 25.3 Å². The Labute approximate surface area is 161 Å². The van der Waals surface area contributed by atoms with Crippen molar-refractivity contribution < 1.29 is 13.9 Å². The van der Waals surface area contributed by atoms with Crippen molar-refractivity contribution in [3.05, 3.63) is 11.8 Å². The first-order valence-corrected chi connectivity index (χ1v) is 10.2. The minimum absolute atomic E-state index is 0.111. The molecule has 3 rings (SSSR count). The Bertz CT molecular complexity index is 586. The van der Waals surface area contributed by atoms with Gasteiger partial charge in [-0.2, -0.15) is 0 Å². The average molecular weight is 380 g/mol. The molecule has 1 amide bonds. The lowest BCUT2D eigenvalue weighted by Gasteiger charge is -2.41. The predicted octanol–water partition coefficient (Wildman–Crippen LogP) is 1.07. The molecule has 8 heteroatoms. The van der Waals surface area contributed by atoms with Gasteiger partial charge in [0.15, 0.2) is 0 Å². The summed E-state index contributed by atoms with van der Waals surface area (Å²) in [5.74, 6) is 1.72. The van der Waals surface area contributed by atoms with Crippen molar-refractivity contribution in [1.82, 2.24) is 25.3 Å². The zero-order valence-corrected chi connectivity index (χ0v) is 16.7. The van der Waals surface area contributed by atoms with Crippen LogP contribution in [0.4, 0.5) is 0 Å². The molecule has 2 aliphatic rings. The molecular formula is C19H33N5O3. The Balaban J connectivity index is 1.42. The van der Waals surface area contributed by atoms with Crippen LogP contribution in [0.2, 0.25) is 0 Å². The summed E-state index contributed by atoms with van der Waals surface area (Å²) < 4.78 is 10.6. The van der Waals surface area contributed by atoms with Crippen molar-refractivity contribution in [2.75, 3.05) is 46.4 Å². The number of amides is 1. The molecule has 8 nitrogen and oxygen atoms in total. The number of nitrogens with zero attached hydrogens (tertiary/aromatic N) is 4. The Kier molecular flexibility index (Phi) is 7.60. The van der Waals surface area contributed by atoms with Crippen LogP contribution in [0.15, 0.2) is 4.42 Å². The minimum Gasteiger partial charge on any atom is -0.424 e. The van der Waals surface area contributed by atoms with Gasteiger partial charge in [0, 0.05) is 45.8 Å². The van der Waals surface area contributed by atoms with E-state index in [4.69, 9.17) is 9.15 Å². The molecule has 152 valence electrons. The summed E-state index contributed by atoms with van der Waals surface area (Å²) in [6, 6.07) is 0.574. The fraction of sp³-hybridized carbons (Fsp3) is 0.842. The minimum atomic E-state index is 0.111. The molecule has 1 aromatic heterocycles. The van der Waals surface area contributed by atoms with E-state index in [0.29, 0.717) is 25.1 Å². The normalized spacial score (nSPS) is 22.8. The predicted molar refractivity (Wildman–Crippen MR) is 101 cm³/mol. The highest BCUT2D eigenvalue weighted by Gasteiger charge is 2.31. The van der Waals surface area contributed by atoms with Gasteiger partial charge in [-0.05, 0) is 32.2 Å². The number of carbonyl (C=O) groups is 1. The van der Waals surface area contributed by atoms with Gasteiger partial charge in [-0.25, -0.2) is 0 Å². The molecule has 1 N–H and O–H groups in total. The van der Waals surface area contributed by atoms with Crippen LogP contribution in [-0.2, 0) is 22.5 Å². The van der Waals surface area contributed by atoms with Crippen molar-refractivity contribution >= 4 is 5.91 Å². The van der Waals surface area contributed by atoms with E-state index in [9.17, 15) is 4.79 Å². The zero-order chi connectivity index (χ0) is 19.1. The van der Waals surface area contributed by atoms with E-state index in [0.717, 1.165) is 70.7 Å². The molecule has 0 bridgehead atoms.